The summed E-state index contributed by atoms with van der Waals surface area (Å²) >= 11 is 0. The molecule has 1 heterocycles. The maximum Gasteiger partial charge on any atom is 0.263 e. The first-order valence-corrected chi connectivity index (χ1v) is 8.13. The lowest BCUT2D eigenvalue weighted by Crippen LogP contribution is -2.40. The quantitative estimate of drug-likeness (QED) is 0.839. The summed E-state index contributed by atoms with van der Waals surface area (Å²) in [7, 11) is 0. The van der Waals surface area contributed by atoms with Crippen molar-refractivity contribution in [3.05, 3.63) is 29.8 Å². The van der Waals surface area contributed by atoms with E-state index in [1.54, 1.807) is 0 Å². The van der Waals surface area contributed by atoms with Crippen molar-refractivity contribution in [3.63, 3.8) is 0 Å². The Kier molecular flexibility index (Phi) is 5.66. The van der Waals surface area contributed by atoms with Crippen LogP contribution < -0.4 is 4.74 Å². The van der Waals surface area contributed by atoms with Gasteiger partial charge in [0, 0.05) is 13.1 Å². The topological polar surface area (TPSA) is 29.5 Å². The van der Waals surface area contributed by atoms with Gasteiger partial charge in [0.05, 0.1) is 0 Å². The molecule has 0 saturated carbocycles. The monoisotopic (exact) mass is 289 g/mol. The number of ether oxygens (including phenoxy) is 1. The van der Waals surface area contributed by atoms with Crippen LogP contribution in [-0.2, 0) is 4.79 Å². The molecule has 0 bridgehead atoms. The van der Waals surface area contributed by atoms with Crippen molar-refractivity contribution in [2.24, 2.45) is 0 Å². The number of carbonyl (C=O) groups is 1. The Morgan fingerprint density at radius 3 is 2.10 bits per heavy atom. The molecule has 1 amide bonds. The van der Waals surface area contributed by atoms with E-state index < -0.39 is 6.10 Å². The summed E-state index contributed by atoms with van der Waals surface area (Å²) in [5.41, 5.74) is 1.29. The molecule has 0 N–H and O–H groups in total. The Balaban J connectivity index is 1.93. The van der Waals surface area contributed by atoms with Gasteiger partial charge < -0.3 is 9.64 Å². The van der Waals surface area contributed by atoms with Crippen LogP contribution in [0.3, 0.4) is 0 Å². The fourth-order valence-electron chi connectivity index (χ4n) is 2.73. The molecule has 3 heteroatoms. The van der Waals surface area contributed by atoms with Gasteiger partial charge in [0.25, 0.3) is 5.91 Å². The Morgan fingerprint density at radius 2 is 1.57 bits per heavy atom. The summed E-state index contributed by atoms with van der Waals surface area (Å²) in [5.74, 6) is 1.40. The normalized spacial score (nSPS) is 17.4. The summed E-state index contributed by atoms with van der Waals surface area (Å²) in [4.78, 5) is 14.4. The second-order valence-electron chi connectivity index (χ2n) is 6.22. The van der Waals surface area contributed by atoms with Crippen molar-refractivity contribution in [2.75, 3.05) is 13.1 Å². The number of hydrogen-bond donors (Lipinski definition) is 0. The number of hydrogen-bond acceptors (Lipinski definition) is 2. The predicted octanol–water partition coefficient (Wildman–Crippen LogP) is 3.98. The van der Waals surface area contributed by atoms with Gasteiger partial charge in [0.15, 0.2) is 6.10 Å². The van der Waals surface area contributed by atoms with Crippen molar-refractivity contribution < 1.29 is 9.53 Å². The standard InChI is InChI=1S/C18H27NO2/c1-14(2)16-8-10-17(11-9-16)21-15(3)18(20)19-12-6-4-5-7-13-19/h8-11,14-15H,4-7,12-13H2,1-3H3. The van der Waals surface area contributed by atoms with E-state index in [4.69, 9.17) is 4.74 Å². The second kappa shape index (κ2) is 7.48. The highest BCUT2D eigenvalue weighted by Gasteiger charge is 2.22. The SMILES string of the molecule is CC(Oc1ccc(C(C)C)cc1)C(=O)N1CCCCCC1. The van der Waals surface area contributed by atoms with Crippen molar-refractivity contribution in [3.8, 4) is 5.75 Å². The van der Waals surface area contributed by atoms with Crippen LogP contribution in [0.5, 0.6) is 5.75 Å². The molecule has 21 heavy (non-hydrogen) atoms. The first-order valence-electron chi connectivity index (χ1n) is 8.13. The van der Waals surface area contributed by atoms with Gasteiger partial charge in [-0.3, -0.25) is 4.79 Å². The molecule has 2 rings (SSSR count). The third-order valence-electron chi connectivity index (χ3n) is 4.13. The maximum absolute atomic E-state index is 12.4. The molecule has 1 atom stereocenters. The van der Waals surface area contributed by atoms with Gasteiger partial charge in [-0.15, -0.1) is 0 Å². The summed E-state index contributed by atoms with van der Waals surface area (Å²) in [6, 6.07) is 8.06. The smallest absolute Gasteiger partial charge is 0.263 e. The molecule has 1 saturated heterocycles. The second-order valence-corrected chi connectivity index (χ2v) is 6.22. The zero-order valence-corrected chi connectivity index (χ0v) is 13.5. The lowest BCUT2D eigenvalue weighted by molar-refractivity contribution is -0.137. The molecule has 0 spiro atoms. The van der Waals surface area contributed by atoms with E-state index in [1.807, 2.05) is 24.0 Å². The van der Waals surface area contributed by atoms with Crippen LogP contribution in [0.2, 0.25) is 0 Å². The molecule has 1 unspecified atom stereocenters. The van der Waals surface area contributed by atoms with E-state index in [0.29, 0.717) is 5.92 Å². The van der Waals surface area contributed by atoms with Crippen molar-refractivity contribution in [1.82, 2.24) is 4.90 Å². The molecule has 0 radical (unpaired) electrons. The van der Waals surface area contributed by atoms with Gasteiger partial charge in [0.1, 0.15) is 5.75 Å². The summed E-state index contributed by atoms with van der Waals surface area (Å²) in [5, 5.41) is 0. The molecular formula is C18H27NO2. The Morgan fingerprint density at radius 1 is 1.00 bits per heavy atom. The first-order chi connectivity index (χ1) is 10.1. The van der Waals surface area contributed by atoms with E-state index in [9.17, 15) is 4.79 Å². The highest BCUT2D eigenvalue weighted by Crippen LogP contribution is 2.20. The van der Waals surface area contributed by atoms with Crippen molar-refractivity contribution >= 4 is 5.91 Å². The van der Waals surface area contributed by atoms with E-state index >= 15 is 0 Å². The van der Waals surface area contributed by atoms with E-state index in [0.717, 1.165) is 31.7 Å². The molecule has 1 aliphatic rings. The molecule has 1 aromatic rings. The third kappa shape index (κ3) is 4.48. The fourth-order valence-corrected chi connectivity index (χ4v) is 2.73. The van der Waals surface area contributed by atoms with Crippen LogP contribution in [0, 0.1) is 0 Å². The molecule has 0 aliphatic carbocycles. The maximum atomic E-state index is 12.4. The molecule has 1 fully saturated rings. The fraction of sp³-hybridized carbons (Fsp3) is 0.611. The van der Waals surface area contributed by atoms with Crippen LogP contribution in [0.1, 0.15) is 57.9 Å². The van der Waals surface area contributed by atoms with Crippen LogP contribution in [0.15, 0.2) is 24.3 Å². The van der Waals surface area contributed by atoms with Crippen LogP contribution in [0.25, 0.3) is 0 Å². The lowest BCUT2D eigenvalue weighted by atomic mass is 10.0. The number of likely N-dealkylation sites (tertiary alicyclic amines) is 1. The highest BCUT2D eigenvalue weighted by atomic mass is 16.5. The predicted molar refractivity (Wildman–Crippen MR) is 85.7 cm³/mol. The molecule has 116 valence electrons. The summed E-state index contributed by atoms with van der Waals surface area (Å²) in [6.45, 7) is 7.93. The number of rotatable bonds is 4. The minimum Gasteiger partial charge on any atom is -0.481 e. The first kappa shape index (κ1) is 15.9. The molecular weight excluding hydrogens is 262 g/mol. The molecule has 0 aromatic heterocycles. The van der Waals surface area contributed by atoms with Crippen molar-refractivity contribution in [1.29, 1.82) is 0 Å². The largest absolute Gasteiger partial charge is 0.481 e. The van der Waals surface area contributed by atoms with Gasteiger partial charge in [-0.2, -0.15) is 0 Å². The number of amides is 1. The average Bonchev–Trinajstić information content (AvgIpc) is 2.76. The number of benzene rings is 1. The average molecular weight is 289 g/mol. The minimum atomic E-state index is -0.409. The number of carbonyl (C=O) groups excluding carboxylic acids is 1. The molecule has 1 aromatic carbocycles. The third-order valence-corrected chi connectivity index (χ3v) is 4.13. The van der Waals surface area contributed by atoms with Gasteiger partial charge in [-0.1, -0.05) is 38.8 Å². The van der Waals surface area contributed by atoms with Gasteiger partial charge in [-0.05, 0) is 43.4 Å². The van der Waals surface area contributed by atoms with Gasteiger partial charge >= 0.3 is 0 Å². The minimum absolute atomic E-state index is 0.116. The lowest BCUT2D eigenvalue weighted by Gasteiger charge is -2.24. The van der Waals surface area contributed by atoms with Gasteiger partial charge in [-0.25, -0.2) is 0 Å². The summed E-state index contributed by atoms with van der Waals surface area (Å²) in [6.07, 6.45) is 4.28. The van der Waals surface area contributed by atoms with Crippen LogP contribution in [0.4, 0.5) is 0 Å². The number of nitrogens with zero attached hydrogens (tertiary/aromatic N) is 1. The van der Waals surface area contributed by atoms with E-state index in [-0.39, 0.29) is 5.91 Å². The Hall–Kier alpha value is -1.51. The zero-order valence-electron chi connectivity index (χ0n) is 13.5. The summed E-state index contributed by atoms with van der Waals surface area (Å²) < 4.78 is 5.81. The Bertz CT molecular complexity index is 445. The van der Waals surface area contributed by atoms with Crippen LogP contribution in [-0.4, -0.2) is 30.0 Å². The molecule has 3 nitrogen and oxygen atoms in total. The van der Waals surface area contributed by atoms with Crippen LogP contribution >= 0.6 is 0 Å². The molecule has 1 aliphatic heterocycles. The van der Waals surface area contributed by atoms with Gasteiger partial charge in [0.2, 0.25) is 0 Å². The van der Waals surface area contributed by atoms with E-state index in [2.05, 4.69) is 26.0 Å². The zero-order chi connectivity index (χ0) is 15.2. The highest BCUT2D eigenvalue weighted by molar-refractivity contribution is 5.80. The Labute approximate surface area is 128 Å². The van der Waals surface area contributed by atoms with Crippen molar-refractivity contribution in [2.45, 2.75) is 58.5 Å². The van der Waals surface area contributed by atoms with E-state index in [1.165, 1.54) is 18.4 Å².